The van der Waals surface area contributed by atoms with Crippen molar-refractivity contribution in [2.24, 2.45) is 0 Å². The van der Waals surface area contributed by atoms with E-state index in [2.05, 4.69) is 4.98 Å². The minimum Gasteiger partial charge on any atom is -0.383 e. The molecule has 1 amide bonds. The summed E-state index contributed by atoms with van der Waals surface area (Å²) in [6, 6.07) is 9.59. The van der Waals surface area contributed by atoms with Gasteiger partial charge < -0.3 is 9.64 Å². The van der Waals surface area contributed by atoms with Crippen LogP contribution in [0.15, 0.2) is 36.5 Å². The van der Waals surface area contributed by atoms with E-state index >= 15 is 0 Å². The lowest BCUT2D eigenvalue weighted by Gasteiger charge is -2.20. The molecule has 0 bridgehead atoms. The minimum atomic E-state index is -0.232. The van der Waals surface area contributed by atoms with Crippen LogP contribution in [0.5, 0.6) is 0 Å². The average Bonchev–Trinajstić information content (AvgIpc) is 2.46. The largest absolute Gasteiger partial charge is 0.383 e. The zero-order chi connectivity index (χ0) is 14.5. The third-order valence-electron chi connectivity index (χ3n) is 3.04. The summed E-state index contributed by atoms with van der Waals surface area (Å²) in [4.78, 5) is 18.3. The number of methoxy groups -OCH3 is 1. The van der Waals surface area contributed by atoms with Crippen LogP contribution in [0.1, 0.15) is 10.5 Å². The molecule has 0 N–H and O–H groups in total. The first kappa shape index (κ1) is 14.8. The molecule has 0 saturated carbocycles. The van der Waals surface area contributed by atoms with Gasteiger partial charge in [0.2, 0.25) is 0 Å². The van der Waals surface area contributed by atoms with Crippen molar-refractivity contribution in [2.45, 2.75) is 5.38 Å². The Hall–Kier alpha value is -1.65. The average molecular weight is 293 g/mol. The molecule has 1 aromatic heterocycles. The number of rotatable bonds is 5. The quantitative estimate of drug-likeness (QED) is 0.796. The van der Waals surface area contributed by atoms with E-state index in [9.17, 15) is 4.79 Å². The Balaban J connectivity index is 2.23. The van der Waals surface area contributed by atoms with Gasteiger partial charge in [0.15, 0.2) is 0 Å². The summed E-state index contributed by atoms with van der Waals surface area (Å²) in [6.07, 6.45) is 1.65. The maximum atomic E-state index is 12.5. The van der Waals surface area contributed by atoms with Gasteiger partial charge in [0, 0.05) is 32.3 Å². The summed E-state index contributed by atoms with van der Waals surface area (Å²) < 4.78 is 4.97. The molecule has 0 saturated heterocycles. The second kappa shape index (κ2) is 6.68. The SMILES string of the molecule is COCC(Cl)CN(C)C(=O)c1nccc2ccccc12. The Kier molecular flexibility index (Phi) is 4.93. The number of carbonyl (C=O) groups is 1. The van der Waals surface area contributed by atoms with Crippen LogP contribution in [0.25, 0.3) is 10.8 Å². The van der Waals surface area contributed by atoms with E-state index in [4.69, 9.17) is 16.3 Å². The highest BCUT2D eigenvalue weighted by molar-refractivity contribution is 6.21. The monoisotopic (exact) mass is 292 g/mol. The number of nitrogens with zero attached hydrogens (tertiary/aromatic N) is 2. The first-order valence-corrected chi connectivity index (χ1v) is 6.79. The van der Waals surface area contributed by atoms with E-state index in [1.54, 1.807) is 25.3 Å². The molecular formula is C15H17ClN2O2. The van der Waals surface area contributed by atoms with Crippen LogP contribution in [0.4, 0.5) is 0 Å². The highest BCUT2D eigenvalue weighted by Crippen LogP contribution is 2.17. The van der Waals surface area contributed by atoms with E-state index in [0.717, 1.165) is 10.8 Å². The molecular weight excluding hydrogens is 276 g/mol. The molecule has 1 atom stereocenters. The molecule has 2 rings (SSSR count). The zero-order valence-electron chi connectivity index (χ0n) is 11.5. The van der Waals surface area contributed by atoms with Crippen LogP contribution < -0.4 is 0 Å². The number of aromatic nitrogens is 1. The molecule has 0 aliphatic rings. The van der Waals surface area contributed by atoms with Gasteiger partial charge in [-0.1, -0.05) is 24.3 Å². The van der Waals surface area contributed by atoms with E-state index in [-0.39, 0.29) is 11.3 Å². The van der Waals surface area contributed by atoms with Gasteiger partial charge >= 0.3 is 0 Å². The van der Waals surface area contributed by atoms with Crippen molar-refractivity contribution in [3.63, 3.8) is 0 Å². The van der Waals surface area contributed by atoms with Gasteiger partial charge in [-0.25, -0.2) is 0 Å². The van der Waals surface area contributed by atoms with Crippen LogP contribution in [-0.4, -0.2) is 48.5 Å². The van der Waals surface area contributed by atoms with Gasteiger partial charge in [-0.2, -0.15) is 0 Å². The molecule has 2 aromatic rings. The number of halogens is 1. The molecule has 1 aromatic carbocycles. The first-order chi connectivity index (χ1) is 9.63. The standard InChI is InChI=1S/C15H17ClN2O2/c1-18(9-12(16)10-20-2)15(19)14-13-6-4-3-5-11(13)7-8-17-14/h3-8,12H,9-10H2,1-2H3. The Morgan fingerprint density at radius 2 is 2.15 bits per heavy atom. The number of hydrogen-bond acceptors (Lipinski definition) is 3. The predicted molar refractivity (Wildman–Crippen MR) is 80.2 cm³/mol. The van der Waals surface area contributed by atoms with Gasteiger partial charge in [-0.05, 0) is 11.5 Å². The van der Waals surface area contributed by atoms with Gasteiger partial charge in [0.1, 0.15) is 5.69 Å². The molecule has 20 heavy (non-hydrogen) atoms. The van der Waals surface area contributed by atoms with Gasteiger partial charge in [0.25, 0.3) is 5.91 Å². The lowest BCUT2D eigenvalue weighted by Crippen LogP contribution is -2.34. The van der Waals surface area contributed by atoms with Crippen LogP contribution in [-0.2, 0) is 4.74 Å². The minimum absolute atomic E-state index is 0.136. The molecule has 0 aliphatic heterocycles. The maximum Gasteiger partial charge on any atom is 0.272 e. The Morgan fingerprint density at radius 3 is 2.90 bits per heavy atom. The fraction of sp³-hybridized carbons (Fsp3) is 0.333. The molecule has 4 nitrogen and oxygen atoms in total. The van der Waals surface area contributed by atoms with Crippen LogP contribution in [0.3, 0.4) is 0 Å². The molecule has 1 unspecified atom stereocenters. The smallest absolute Gasteiger partial charge is 0.272 e. The second-order valence-corrected chi connectivity index (χ2v) is 5.24. The van der Waals surface area contributed by atoms with E-state index in [1.807, 2.05) is 30.3 Å². The lowest BCUT2D eigenvalue weighted by atomic mass is 10.1. The highest BCUT2D eigenvalue weighted by Gasteiger charge is 2.18. The summed E-state index contributed by atoms with van der Waals surface area (Å²) in [5.41, 5.74) is 0.451. The van der Waals surface area contributed by atoms with E-state index in [0.29, 0.717) is 18.8 Å². The van der Waals surface area contributed by atoms with Crippen LogP contribution >= 0.6 is 11.6 Å². The van der Waals surface area contributed by atoms with Crippen molar-refractivity contribution < 1.29 is 9.53 Å². The topological polar surface area (TPSA) is 42.4 Å². The number of pyridine rings is 1. The highest BCUT2D eigenvalue weighted by atomic mass is 35.5. The number of carbonyl (C=O) groups excluding carboxylic acids is 1. The van der Waals surface area contributed by atoms with Crippen molar-refractivity contribution in [2.75, 3.05) is 27.3 Å². The molecule has 0 radical (unpaired) electrons. The third kappa shape index (κ3) is 3.26. The fourth-order valence-electron chi connectivity index (χ4n) is 2.08. The van der Waals surface area contributed by atoms with Gasteiger partial charge in [-0.15, -0.1) is 11.6 Å². The van der Waals surface area contributed by atoms with Crippen molar-refractivity contribution in [1.82, 2.24) is 9.88 Å². The summed E-state index contributed by atoms with van der Waals surface area (Å²) in [7, 11) is 3.31. The predicted octanol–water partition coefficient (Wildman–Crippen LogP) is 2.56. The number of benzene rings is 1. The van der Waals surface area contributed by atoms with Crippen LogP contribution in [0, 0.1) is 0 Å². The number of amides is 1. The van der Waals surface area contributed by atoms with Crippen molar-refractivity contribution >= 4 is 28.3 Å². The number of alkyl halides is 1. The number of hydrogen-bond donors (Lipinski definition) is 0. The van der Waals surface area contributed by atoms with Gasteiger partial charge in [-0.3, -0.25) is 9.78 Å². The lowest BCUT2D eigenvalue weighted by molar-refractivity contribution is 0.0778. The summed E-state index contributed by atoms with van der Waals surface area (Å²) in [6.45, 7) is 0.821. The normalized spacial score (nSPS) is 12.3. The Labute approximate surface area is 123 Å². The van der Waals surface area contributed by atoms with Crippen molar-refractivity contribution in [1.29, 1.82) is 0 Å². The number of ether oxygens (including phenoxy) is 1. The zero-order valence-corrected chi connectivity index (χ0v) is 12.3. The van der Waals surface area contributed by atoms with Crippen molar-refractivity contribution in [3.8, 4) is 0 Å². The Bertz CT molecular complexity index is 598. The van der Waals surface area contributed by atoms with Gasteiger partial charge in [0.05, 0.1) is 12.0 Å². The van der Waals surface area contributed by atoms with E-state index < -0.39 is 0 Å². The van der Waals surface area contributed by atoms with Crippen LogP contribution in [0.2, 0.25) is 0 Å². The Morgan fingerprint density at radius 1 is 1.40 bits per heavy atom. The molecule has 0 spiro atoms. The first-order valence-electron chi connectivity index (χ1n) is 6.35. The van der Waals surface area contributed by atoms with E-state index in [1.165, 1.54) is 0 Å². The molecule has 5 heteroatoms. The third-order valence-corrected chi connectivity index (χ3v) is 3.31. The molecule has 1 heterocycles. The fourth-order valence-corrected chi connectivity index (χ4v) is 2.42. The second-order valence-electron chi connectivity index (χ2n) is 4.62. The maximum absolute atomic E-state index is 12.5. The summed E-state index contributed by atoms with van der Waals surface area (Å²) in [5.74, 6) is -0.136. The molecule has 0 aliphatic carbocycles. The summed E-state index contributed by atoms with van der Waals surface area (Å²) >= 11 is 6.09. The van der Waals surface area contributed by atoms with Crippen molar-refractivity contribution in [3.05, 3.63) is 42.2 Å². The summed E-state index contributed by atoms with van der Waals surface area (Å²) in [5, 5.41) is 1.62. The molecule has 106 valence electrons. The number of fused-ring (bicyclic) bond motifs is 1. The molecule has 0 fully saturated rings.